The van der Waals surface area contributed by atoms with Crippen LogP contribution in [0, 0.1) is 0 Å². The number of pyridine rings is 2. The van der Waals surface area contributed by atoms with Crippen LogP contribution in [-0.4, -0.2) is 21.0 Å². The summed E-state index contributed by atoms with van der Waals surface area (Å²) < 4.78 is 0. The second kappa shape index (κ2) is 5.84. The third kappa shape index (κ3) is 3.21. The quantitative estimate of drug-likeness (QED) is 0.689. The van der Waals surface area contributed by atoms with E-state index in [-0.39, 0.29) is 5.56 Å². The Hall–Kier alpha value is -1.59. The molecule has 92 valence electrons. The minimum absolute atomic E-state index is 0.199. The largest absolute Gasteiger partial charge is 0.478 e. The fourth-order valence-corrected chi connectivity index (χ4v) is 2.41. The first-order chi connectivity index (χ1) is 8.66. The number of carboxylic acids is 1. The van der Waals surface area contributed by atoms with E-state index in [0.29, 0.717) is 15.9 Å². The Morgan fingerprint density at radius 3 is 2.89 bits per heavy atom. The molecule has 0 spiro atoms. The van der Waals surface area contributed by atoms with Crippen molar-refractivity contribution < 1.29 is 9.90 Å². The number of thioether (sulfide) groups is 1. The first-order valence-corrected chi connectivity index (χ1v) is 6.46. The molecule has 0 atom stereocenters. The lowest BCUT2D eigenvalue weighted by atomic mass is 10.3. The van der Waals surface area contributed by atoms with Crippen LogP contribution in [0.3, 0.4) is 0 Å². The molecule has 1 N–H and O–H groups in total. The van der Waals surface area contributed by atoms with Crippen molar-refractivity contribution in [1.82, 2.24) is 9.97 Å². The molecule has 0 fully saturated rings. The van der Waals surface area contributed by atoms with Crippen molar-refractivity contribution in [3.8, 4) is 0 Å². The molecule has 0 aliphatic heterocycles. The van der Waals surface area contributed by atoms with Crippen LogP contribution in [0.5, 0.6) is 0 Å². The number of aromatic carboxylic acids is 1. The maximum absolute atomic E-state index is 11.0. The summed E-state index contributed by atoms with van der Waals surface area (Å²) in [7, 11) is 0. The molecule has 2 aromatic heterocycles. The molecular formula is C12H9ClN2O2S. The van der Waals surface area contributed by atoms with Gasteiger partial charge in [0.1, 0.15) is 10.2 Å². The lowest BCUT2D eigenvalue weighted by Gasteiger charge is -2.04. The summed E-state index contributed by atoms with van der Waals surface area (Å²) in [4.78, 5) is 19.2. The van der Waals surface area contributed by atoms with E-state index in [0.717, 1.165) is 5.69 Å². The van der Waals surface area contributed by atoms with E-state index in [1.165, 1.54) is 17.8 Å². The number of nitrogens with zero attached hydrogens (tertiary/aromatic N) is 2. The number of carbonyl (C=O) groups is 1. The number of halogens is 1. The van der Waals surface area contributed by atoms with Gasteiger partial charge in [-0.3, -0.25) is 0 Å². The maximum Gasteiger partial charge on any atom is 0.338 e. The van der Waals surface area contributed by atoms with Gasteiger partial charge < -0.3 is 5.11 Å². The SMILES string of the molecule is O=C(O)c1cccnc1SCc1cccc(Cl)n1. The van der Waals surface area contributed by atoms with Gasteiger partial charge >= 0.3 is 5.97 Å². The van der Waals surface area contributed by atoms with Crippen molar-refractivity contribution in [2.45, 2.75) is 10.8 Å². The molecule has 2 aromatic rings. The van der Waals surface area contributed by atoms with Gasteiger partial charge in [-0.15, -0.1) is 0 Å². The number of carboxylic acid groups (broad SMARTS) is 1. The molecule has 0 aliphatic rings. The highest BCUT2D eigenvalue weighted by molar-refractivity contribution is 7.98. The number of aromatic nitrogens is 2. The summed E-state index contributed by atoms with van der Waals surface area (Å²) in [6, 6.07) is 8.47. The Morgan fingerprint density at radius 1 is 1.33 bits per heavy atom. The Bertz CT molecular complexity index is 578. The molecule has 0 aliphatic carbocycles. The van der Waals surface area contributed by atoms with Gasteiger partial charge in [-0.2, -0.15) is 0 Å². The maximum atomic E-state index is 11.0. The molecule has 0 amide bonds. The van der Waals surface area contributed by atoms with Crippen molar-refractivity contribution in [2.75, 3.05) is 0 Å². The summed E-state index contributed by atoms with van der Waals surface area (Å²) >= 11 is 7.10. The van der Waals surface area contributed by atoms with Gasteiger partial charge in [-0.25, -0.2) is 14.8 Å². The molecule has 0 saturated carbocycles. The van der Waals surface area contributed by atoms with E-state index in [1.54, 1.807) is 18.3 Å². The minimum Gasteiger partial charge on any atom is -0.478 e. The summed E-state index contributed by atoms with van der Waals surface area (Å²) in [5, 5.41) is 9.92. The molecule has 0 aromatic carbocycles. The second-order valence-electron chi connectivity index (χ2n) is 3.40. The van der Waals surface area contributed by atoms with Crippen molar-refractivity contribution >= 4 is 29.3 Å². The zero-order valence-electron chi connectivity index (χ0n) is 9.21. The topological polar surface area (TPSA) is 63.1 Å². The Morgan fingerprint density at radius 2 is 2.17 bits per heavy atom. The highest BCUT2D eigenvalue weighted by Gasteiger charge is 2.11. The highest BCUT2D eigenvalue weighted by Crippen LogP contribution is 2.23. The predicted molar refractivity (Wildman–Crippen MR) is 70.0 cm³/mol. The van der Waals surface area contributed by atoms with Gasteiger partial charge in [0, 0.05) is 11.9 Å². The van der Waals surface area contributed by atoms with Crippen LogP contribution in [0.15, 0.2) is 41.6 Å². The molecule has 0 saturated heterocycles. The lowest BCUT2D eigenvalue weighted by Crippen LogP contribution is -2.00. The summed E-state index contributed by atoms with van der Waals surface area (Å²) in [6.45, 7) is 0. The fraction of sp³-hybridized carbons (Fsp3) is 0.0833. The third-order valence-corrected chi connectivity index (χ3v) is 3.38. The Labute approximate surface area is 113 Å². The normalized spacial score (nSPS) is 10.3. The molecule has 4 nitrogen and oxygen atoms in total. The van der Waals surface area contributed by atoms with Crippen LogP contribution < -0.4 is 0 Å². The number of hydrogen-bond donors (Lipinski definition) is 1. The molecule has 18 heavy (non-hydrogen) atoms. The van der Waals surface area contributed by atoms with E-state index in [1.807, 2.05) is 12.1 Å². The van der Waals surface area contributed by atoms with Gasteiger partial charge in [0.25, 0.3) is 0 Å². The average Bonchev–Trinajstić information content (AvgIpc) is 2.37. The van der Waals surface area contributed by atoms with E-state index >= 15 is 0 Å². The molecule has 0 bridgehead atoms. The summed E-state index contributed by atoms with van der Waals surface area (Å²) in [5.74, 6) is -0.456. The monoisotopic (exact) mass is 280 g/mol. The van der Waals surface area contributed by atoms with E-state index in [9.17, 15) is 4.79 Å². The molecular weight excluding hydrogens is 272 g/mol. The summed E-state index contributed by atoms with van der Waals surface area (Å²) in [6.07, 6.45) is 1.57. The molecule has 2 heterocycles. The van der Waals surface area contributed by atoms with Crippen LogP contribution in [-0.2, 0) is 5.75 Å². The smallest absolute Gasteiger partial charge is 0.338 e. The molecule has 2 rings (SSSR count). The zero-order valence-corrected chi connectivity index (χ0v) is 10.8. The average molecular weight is 281 g/mol. The third-order valence-electron chi connectivity index (χ3n) is 2.13. The first kappa shape index (κ1) is 12.9. The van der Waals surface area contributed by atoms with Crippen molar-refractivity contribution in [3.05, 3.63) is 52.9 Å². The predicted octanol–water partition coefficient (Wildman–Crippen LogP) is 3.12. The van der Waals surface area contributed by atoms with Crippen molar-refractivity contribution in [3.63, 3.8) is 0 Å². The molecule has 0 radical (unpaired) electrons. The number of rotatable bonds is 4. The Balaban J connectivity index is 2.13. The van der Waals surface area contributed by atoms with Crippen LogP contribution in [0.2, 0.25) is 5.15 Å². The fourth-order valence-electron chi connectivity index (χ4n) is 1.34. The van der Waals surface area contributed by atoms with Gasteiger partial charge in [0.2, 0.25) is 0 Å². The van der Waals surface area contributed by atoms with Crippen molar-refractivity contribution in [2.24, 2.45) is 0 Å². The minimum atomic E-state index is -0.982. The van der Waals surface area contributed by atoms with Crippen LogP contribution in [0.4, 0.5) is 0 Å². The van der Waals surface area contributed by atoms with Gasteiger partial charge in [-0.05, 0) is 24.3 Å². The van der Waals surface area contributed by atoms with Gasteiger partial charge in [-0.1, -0.05) is 29.4 Å². The molecule has 6 heteroatoms. The zero-order chi connectivity index (χ0) is 13.0. The van der Waals surface area contributed by atoms with Gasteiger partial charge in [0.15, 0.2) is 0 Å². The van der Waals surface area contributed by atoms with Gasteiger partial charge in [0.05, 0.1) is 11.3 Å². The Kier molecular flexibility index (Phi) is 4.17. The first-order valence-electron chi connectivity index (χ1n) is 5.09. The summed E-state index contributed by atoms with van der Waals surface area (Å²) in [5.41, 5.74) is 0.985. The van der Waals surface area contributed by atoms with Crippen LogP contribution in [0.1, 0.15) is 16.1 Å². The van der Waals surface area contributed by atoms with Crippen LogP contribution in [0.25, 0.3) is 0 Å². The van der Waals surface area contributed by atoms with Crippen molar-refractivity contribution in [1.29, 1.82) is 0 Å². The molecule has 0 unspecified atom stereocenters. The number of hydrogen-bond acceptors (Lipinski definition) is 4. The second-order valence-corrected chi connectivity index (χ2v) is 4.75. The van der Waals surface area contributed by atoms with E-state index in [4.69, 9.17) is 16.7 Å². The lowest BCUT2D eigenvalue weighted by molar-refractivity contribution is 0.0692. The standard InChI is InChI=1S/C12H9ClN2O2S/c13-10-5-1-3-8(15-10)7-18-11-9(12(16)17)4-2-6-14-11/h1-6H,7H2,(H,16,17). The van der Waals surface area contributed by atoms with E-state index < -0.39 is 5.97 Å². The highest BCUT2D eigenvalue weighted by atomic mass is 35.5. The van der Waals surface area contributed by atoms with E-state index in [2.05, 4.69) is 9.97 Å². The van der Waals surface area contributed by atoms with Crippen LogP contribution >= 0.6 is 23.4 Å².